The lowest BCUT2D eigenvalue weighted by Gasteiger charge is -2.13. The van der Waals surface area contributed by atoms with E-state index in [4.69, 9.17) is 15.0 Å². The van der Waals surface area contributed by atoms with Gasteiger partial charge in [0.05, 0.1) is 12.3 Å². The fraction of sp³-hybridized carbons (Fsp3) is 0.357. The van der Waals surface area contributed by atoms with E-state index in [0.29, 0.717) is 6.54 Å². The van der Waals surface area contributed by atoms with Crippen LogP contribution in [0.5, 0.6) is 5.75 Å². The highest BCUT2D eigenvalue weighted by Crippen LogP contribution is 2.28. The topological polar surface area (TPSA) is 61.3 Å². The molecule has 1 aromatic heterocycles. The van der Waals surface area contributed by atoms with E-state index >= 15 is 0 Å². The van der Waals surface area contributed by atoms with Crippen LogP contribution in [0.3, 0.4) is 0 Å². The summed E-state index contributed by atoms with van der Waals surface area (Å²) < 4.78 is 10.9. The Morgan fingerprint density at radius 2 is 2.17 bits per heavy atom. The number of nitrogens with two attached hydrogens (primary N) is 1. The van der Waals surface area contributed by atoms with Gasteiger partial charge in [0.15, 0.2) is 5.76 Å². The Bertz CT molecular complexity index is 532. The second-order valence-electron chi connectivity index (χ2n) is 4.53. The standard InChI is InChI=1S/C14H18N2O2/c1-9(2)17-13-5-4-11(6-10(13)3)14-12(7-15)8-16-18-14/h4-6,8-9H,7,15H2,1-3H3. The summed E-state index contributed by atoms with van der Waals surface area (Å²) in [4.78, 5) is 0. The molecule has 0 unspecified atom stereocenters. The molecule has 0 atom stereocenters. The maximum absolute atomic E-state index is 5.70. The number of aromatic nitrogens is 1. The molecule has 18 heavy (non-hydrogen) atoms. The van der Waals surface area contributed by atoms with Crippen molar-refractivity contribution in [2.75, 3.05) is 0 Å². The van der Waals surface area contributed by atoms with Crippen molar-refractivity contribution in [3.63, 3.8) is 0 Å². The van der Waals surface area contributed by atoms with Gasteiger partial charge in [-0.25, -0.2) is 0 Å². The number of rotatable bonds is 4. The van der Waals surface area contributed by atoms with Crippen LogP contribution < -0.4 is 10.5 Å². The highest BCUT2D eigenvalue weighted by Gasteiger charge is 2.11. The van der Waals surface area contributed by atoms with Gasteiger partial charge in [0.2, 0.25) is 0 Å². The van der Waals surface area contributed by atoms with Crippen molar-refractivity contribution in [3.05, 3.63) is 35.5 Å². The first-order chi connectivity index (χ1) is 8.61. The first-order valence-electron chi connectivity index (χ1n) is 6.03. The van der Waals surface area contributed by atoms with Gasteiger partial charge in [0.1, 0.15) is 5.75 Å². The van der Waals surface area contributed by atoms with Crippen LogP contribution in [-0.2, 0) is 6.54 Å². The normalized spacial score (nSPS) is 10.9. The van der Waals surface area contributed by atoms with Gasteiger partial charge in [-0.15, -0.1) is 0 Å². The molecule has 2 rings (SSSR count). The molecule has 4 heteroatoms. The monoisotopic (exact) mass is 246 g/mol. The van der Waals surface area contributed by atoms with E-state index in [1.54, 1.807) is 6.20 Å². The van der Waals surface area contributed by atoms with Gasteiger partial charge in [-0.05, 0) is 44.5 Å². The first-order valence-corrected chi connectivity index (χ1v) is 6.03. The number of hydrogen-bond donors (Lipinski definition) is 1. The van der Waals surface area contributed by atoms with Crippen LogP contribution >= 0.6 is 0 Å². The van der Waals surface area contributed by atoms with Crippen LogP contribution in [0.15, 0.2) is 28.9 Å². The molecular weight excluding hydrogens is 228 g/mol. The largest absolute Gasteiger partial charge is 0.491 e. The maximum atomic E-state index is 5.70. The van der Waals surface area contributed by atoms with Crippen molar-refractivity contribution < 1.29 is 9.26 Å². The van der Waals surface area contributed by atoms with Crippen molar-refractivity contribution in [1.29, 1.82) is 0 Å². The van der Waals surface area contributed by atoms with Crippen molar-refractivity contribution in [3.8, 4) is 17.1 Å². The quantitative estimate of drug-likeness (QED) is 0.901. The van der Waals surface area contributed by atoms with Gasteiger partial charge < -0.3 is 15.0 Å². The SMILES string of the molecule is Cc1cc(-c2oncc2CN)ccc1OC(C)C. The summed E-state index contributed by atoms with van der Waals surface area (Å²) in [7, 11) is 0. The molecule has 2 N–H and O–H groups in total. The van der Waals surface area contributed by atoms with E-state index in [0.717, 1.165) is 28.2 Å². The number of hydrogen-bond acceptors (Lipinski definition) is 4. The number of nitrogens with zero attached hydrogens (tertiary/aromatic N) is 1. The molecule has 0 saturated carbocycles. The molecule has 0 radical (unpaired) electrons. The van der Waals surface area contributed by atoms with E-state index in [2.05, 4.69) is 5.16 Å². The minimum atomic E-state index is 0.166. The average Bonchev–Trinajstić information content (AvgIpc) is 2.79. The summed E-state index contributed by atoms with van der Waals surface area (Å²) in [5.74, 6) is 1.62. The predicted octanol–water partition coefficient (Wildman–Crippen LogP) is 2.90. The fourth-order valence-electron chi connectivity index (χ4n) is 1.82. The summed E-state index contributed by atoms with van der Waals surface area (Å²) in [6.45, 7) is 6.45. The highest BCUT2D eigenvalue weighted by molar-refractivity contribution is 5.63. The minimum absolute atomic E-state index is 0.166. The Morgan fingerprint density at radius 3 is 2.78 bits per heavy atom. The summed E-state index contributed by atoms with van der Waals surface area (Å²) >= 11 is 0. The van der Waals surface area contributed by atoms with Crippen LogP contribution in [0.4, 0.5) is 0 Å². The van der Waals surface area contributed by atoms with Crippen LogP contribution in [0, 0.1) is 6.92 Å². The molecule has 0 aliphatic carbocycles. The van der Waals surface area contributed by atoms with Crippen molar-refractivity contribution in [2.24, 2.45) is 5.73 Å². The second kappa shape index (κ2) is 5.23. The molecule has 0 saturated heterocycles. The molecule has 0 amide bonds. The third-order valence-corrected chi connectivity index (χ3v) is 2.66. The molecular formula is C14H18N2O2. The molecule has 1 heterocycles. The van der Waals surface area contributed by atoms with Crippen molar-refractivity contribution in [1.82, 2.24) is 5.16 Å². The van der Waals surface area contributed by atoms with E-state index in [9.17, 15) is 0 Å². The third-order valence-electron chi connectivity index (χ3n) is 2.66. The lowest BCUT2D eigenvalue weighted by atomic mass is 10.1. The van der Waals surface area contributed by atoms with E-state index in [1.165, 1.54) is 0 Å². The second-order valence-corrected chi connectivity index (χ2v) is 4.53. The van der Waals surface area contributed by atoms with Gasteiger partial charge in [-0.1, -0.05) is 5.16 Å². The molecule has 1 aromatic carbocycles. The summed E-state index contributed by atoms with van der Waals surface area (Å²) in [5.41, 5.74) is 8.59. The average molecular weight is 246 g/mol. The number of benzene rings is 1. The Morgan fingerprint density at radius 1 is 1.39 bits per heavy atom. The Balaban J connectivity index is 2.34. The van der Waals surface area contributed by atoms with Crippen molar-refractivity contribution >= 4 is 0 Å². The molecule has 0 bridgehead atoms. The number of aryl methyl sites for hydroxylation is 1. The summed E-state index contributed by atoms with van der Waals surface area (Å²) in [6.07, 6.45) is 1.82. The van der Waals surface area contributed by atoms with Gasteiger partial charge in [0, 0.05) is 17.7 Å². The number of ether oxygens (including phenoxy) is 1. The zero-order valence-corrected chi connectivity index (χ0v) is 10.9. The van der Waals surface area contributed by atoms with Crippen LogP contribution in [0.25, 0.3) is 11.3 Å². The van der Waals surface area contributed by atoms with Gasteiger partial charge >= 0.3 is 0 Å². The predicted molar refractivity (Wildman–Crippen MR) is 70.3 cm³/mol. The van der Waals surface area contributed by atoms with Crippen LogP contribution in [0.1, 0.15) is 25.0 Å². The molecule has 96 valence electrons. The highest BCUT2D eigenvalue weighted by atomic mass is 16.5. The molecule has 0 aliphatic rings. The van der Waals surface area contributed by atoms with Crippen LogP contribution in [-0.4, -0.2) is 11.3 Å². The molecule has 2 aromatic rings. The van der Waals surface area contributed by atoms with Gasteiger partial charge in [0.25, 0.3) is 0 Å². The Labute approximate surface area is 107 Å². The van der Waals surface area contributed by atoms with Crippen molar-refractivity contribution in [2.45, 2.75) is 33.4 Å². The lowest BCUT2D eigenvalue weighted by Crippen LogP contribution is -2.06. The lowest BCUT2D eigenvalue weighted by molar-refractivity contribution is 0.241. The molecule has 0 fully saturated rings. The smallest absolute Gasteiger partial charge is 0.171 e. The van der Waals surface area contributed by atoms with E-state index in [1.807, 2.05) is 39.0 Å². The molecule has 0 spiro atoms. The fourth-order valence-corrected chi connectivity index (χ4v) is 1.82. The Kier molecular flexibility index (Phi) is 3.67. The van der Waals surface area contributed by atoms with Gasteiger partial charge in [-0.3, -0.25) is 0 Å². The third kappa shape index (κ3) is 2.54. The van der Waals surface area contributed by atoms with Crippen LogP contribution in [0.2, 0.25) is 0 Å². The van der Waals surface area contributed by atoms with E-state index in [-0.39, 0.29) is 6.10 Å². The zero-order chi connectivity index (χ0) is 13.1. The maximum Gasteiger partial charge on any atom is 0.171 e. The molecule has 0 aliphatic heterocycles. The minimum Gasteiger partial charge on any atom is -0.491 e. The first kappa shape index (κ1) is 12.6. The Hall–Kier alpha value is -1.81. The van der Waals surface area contributed by atoms with Gasteiger partial charge in [-0.2, -0.15) is 0 Å². The van der Waals surface area contributed by atoms with E-state index < -0.39 is 0 Å². The summed E-state index contributed by atoms with van der Waals surface area (Å²) in [6, 6.07) is 5.94. The zero-order valence-electron chi connectivity index (χ0n) is 10.9. The molecule has 4 nitrogen and oxygen atoms in total. The summed E-state index contributed by atoms with van der Waals surface area (Å²) in [5, 5.41) is 3.78.